The number of hydrogen-bond acceptors (Lipinski definition) is 6. The third-order valence-electron chi connectivity index (χ3n) is 7.96. The van der Waals surface area contributed by atoms with Crippen LogP contribution in [0.1, 0.15) is 57.6 Å². The molecule has 0 aliphatic carbocycles. The van der Waals surface area contributed by atoms with Crippen molar-refractivity contribution in [1.29, 1.82) is 5.26 Å². The van der Waals surface area contributed by atoms with Gasteiger partial charge in [-0.1, -0.05) is 84.9 Å². The van der Waals surface area contributed by atoms with Crippen LogP contribution in [0.5, 0.6) is 0 Å². The van der Waals surface area contributed by atoms with Gasteiger partial charge in [0.15, 0.2) is 0 Å². The molecule has 0 fully saturated rings. The molecule has 11 nitrogen and oxygen atoms in total. The van der Waals surface area contributed by atoms with Crippen molar-refractivity contribution in [3.05, 3.63) is 96.1 Å². The SMILES string of the molecule is CC(C)(C)NC(=O)CC[C@H](NC(=O)CCNC(=O)CC#N)C(=O)N[C@@H](Cc1ccc2ccccc2c1)C(=O)NCc1cccc2ccccc12. The van der Waals surface area contributed by atoms with Crippen molar-refractivity contribution in [3.8, 4) is 6.07 Å². The highest BCUT2D eigenvalue weighted by atomic mass is 16.2. The van der Waals surface area contributed by atoms with Gasteiger partial charge in [0.2, 0.25) is 29.5 Å². The third-order valence-corrected chi connectivity index (χ3v) is 7.96. The molecule has 11 heteroatoms. The Morgan fingerprint density at radius 3 is 2.14 bits per heavy atom. The third kappa shape index (κ3) is 11.4. The molecular weight excluding hydrogens is 632 g/mol. The molecule has 5 N–H and O–H groups in total. The molecule has 260 valence electrons. The Labute approximate surface area is 292 Å². The number of nitrogens with zero attached hydrogens (tertiary/aromatic N) is 1. The highest BCUT2D eigenvalue weighted by Crippen LogP contribution is 2.19. The van der Waals surface area contributed by atoms with Gasteiger partial charge in [-0.3, -0.25) is 24.0 Å². The maximum atomic E-state index is 13.9. The number of nitrogens with one attached hydrogen (secondary N) is 5. The summed E-state index contributed by atoms with van der Waals surface area (Å²) in [6, 6.07) is 27.0. The van der Waals surface area contributed by atoms with Crippen molar-refractivity contribution in [1.82, 2.24) is 26.6 Å². The van der Waals surface area contributed by atoms with Crippen molar-refractivity contribution in [2.45, 2.75) is 77.0 Å². The summed E-state index contributed by atoms with van der Waals surface area (Å²) in [4.78, 5) is 64.9. The van der Waals surface area contributed by atoms with Crippen molar-refractivity contribution in [2.24, 2.45) is 0 Å². The molecular formula is C39H44N6O5. The molecule has 4 aromatic carbocycles. The molecule has 0 aliphatic rings. The molecule has 0 heterocycles. The summed E-state index contributed by atoms with van der Waals surface area (Å²) < 4.78 is 0. The number of nitriles is 1. The number of carbonyl (C=O) groups is 5. The molecule has 4 rings (SSSR count). The van der Waals surface area contributed by atoms with E-state index in [2.05, 4.69) is 26.6 Å². The largest absolute Gasteiger partial charge is 0.355 e. The van der Waals surface area contributed by atoms with Gasteiger partial charge in [-0.15, -0.1) is 0 Å². The second-order valence-corrected chi connectivity index (χ2v) is 13.2. The predicted octanol–water partition coefficient (Wildman–Crippen LogP) is 3.94. The van der Waals surface area contributed by atoms with Crippen LogP contribution >= 0.6 is 0 Å². The molecule has 0 saturated heterocycles. The molecule has 0 saturated carbocycles. The van der Waals surface area contributed by atoms with Crippen LogP contribution in [0.15, 0.2) is 84.9 Å². The first-order chi connectivity index (χ1) is 23.9. The minimum Gasteiger partial charge on any atom is -0.355 e. The second kappa shape index (κ2) is 17.6. The van der Waals surface area contributed by atoms with Crippen LogP contribution in [0.25, 0.3) is 21.5 Å². The Morgan fingerprint density at radius 2 is 1.40 bits per heavy atom. The fraction of sp³-hybridized carbons (Fsp3) is 0.333. The van der Waals surface area contributed by atoms with Gasteiger partial charge in [-0.2, -0.15) is 5.26 Å². The van der Waals surface area contributed by atoms with Crippen LogP contribution in [0.4, 0.5) is 0 Å². The normalized spacial score (nSPS) is 12.3. The summed E-state index contributed by atoms with van der Waals surface area (Å²) in [5.41, 5.74) is 1.25. The van der Waals surface area contributed by atoms with Crippen molar-refractivity contribution < 1.29 is 24.0 Å². The van der Waals surface area contributed by atoms with E-state index in [1.54, 1.807) is 6.07 Å². The van der Waals surface area contributed by atoms with Gasteiger partial charge in [0.05, 0.1) is 6.07 Å². The fourth-order valence-electron chi connectivity index (χ4n) is 5.58. The first kappa shape index (κ1) is 37.1. The lowest BCUT2D eigenvalue weighted by Crippen LogP contribution is -2.54. The lowest BCUT2D eigenvalue weighted by molar-refractivity contribution is -0.133. The number of hydrogen-bond donors (Lipinski definition) is 5. The highest BCUT2D eigenvalue weighted by molar-refractivity contribution is 5.93. The summed E-state index contributed by atoms with van der Waals surface area (Å²) in [5, 5.41) is 26.6. The summed E-state index contributed by atoms with van der Waals surface area (Å²) >= 11 is 0. The Hall–Kier alpha value is -5.76. The van der Waals surface area contributed by atoms with Crippen molar-refractivity contribution in [2.75, 3.05) is 6.54 Å². The molecule has 0 unspecified atom stereocenters. The molecule has 0 bridgehead atoms. The quantitative estimate of drug-likeness (QED) is 0.128. The van der Waals surface area contributed by atoms with E-state index < -0.39 is 41.3 Å². The van der Waals surface area contributed by atoms with E-state index in [0.29, 0.717) is 0 Å². The van der Waals surface area contributed by atoms with E-state index in [9.17, 15) is 24.0 Å². The molecule has 2 atom stereocenters. The number of carbonyl (C=O) groups excluding carboxylic acids is 5. The van der Waals surface area contributed by atoms with Crippen molar-refractivity contribution >= 4 is 51.1 Å². The molecule has 0 aliphatic heterocycles. The van der Waals surface area contributed by atoms with E-state index in [1.165, 1.54) is 0 Å². The Morgan fingerprint density at radius 1 is 0.700 bits per heavy atom. The van der Waals surface area contributed by atoms with Crippen LogP contribution in [0.3, 0.4) is 0 Å². The Kier molecular flexibility index (Phi) is 13.0. The number of amides is 5. The first-order valence-corrected chi connectivity index (χ1v) is 16.7. The Bertz CT molecular complexity index is 1890. The monoisotopic (exact) mass is 676 g/mol. The van der Waals surface area contributed by atoms with E-state index in [4.69, 9.17) is 5.26 Å². The average molecular weight is 677 g/mol. The summed E-state index contributed by atoms with van der Waals surface area (Å²) in [6.07, 6.45) is -0.399. The van der Waals surface area contributed by atoms with Crippen LogP contribution < -0.4 is 26.6 Å². The first-order valence-electron chi connectivity index (χ1n) is 16.7. The van der Waals surface area contributed by atoms with Crippen LogP contribution in [-0.2, 0) is 36.9 Å². The lowest BCUT2D eigenvalue weighted by Gasteiger charge is -2.25. The van der Waals surface area contributed by atoms with Crippen LogP contribution in [-0.4, -0.2) is 53.7 Å². The minimum absolute atomic E-state index is 0.0272. The van der Waals surface area contributed by atoms with Gasteiger partial charge in [-0.05, 0) is 59.9 Å². The lowest BCUT2D eigenvalue weighted by atomic mass is 10.00. The topological polar surface area (TPSA) is 169 Å². The molecule has 4 aromatic rings. The maximum absolute atomic E-state index is 13.9. The highest BCUT2D eigenvalue weighted by Gasteiger charge is 2.28. The molecule has 0 aromatic heterocycles. The van der Waals surface area contributed by atoms with Gasteiger partial charge in [0, 0.05) is 37.9 Å². The van der Waals surface area contributed by atoms with E-state index >= 15 is 0 Å². The van der Waals surface area contributed by atoms with E-state index in [1.807, 2.05) is 106 Å². The van der Waals surface area contributed by atoms with Crippen LogP contribution in [0.2, 0.25) is 0 Å². The van der Waals surface area contributed by atoms with Gasteiger partial charge < -0.3 is 26.6 Å². The Balaban J connectivity index is 1.54. The number of rotatable bonds is 15. The molecule has 0 spiro atoms. The van der Waals surface area contributed by atoms with E-state index in [0.717, 1.165) is 32.7 Å². The average Bonchev–Trinajstić information content (AvgIpc) is 3.08. The fourth-order valence-corrected chi connectivity index (χ4v) is 5.58. The van der Waals surface area contributed by atoms with Gasteiger partial charge in [0.1, 0.15) is 18.5 Å². The summed E-state index contributed by atoms with van der Waals surface area (Å²) in [5.74, 6) is -2.38. The number of benzene rings is 4. The zero-order valence-corrected chi connectivity index (χ0v) is 28.7. The van der Waals surface area contributed by atoms with Gasteiger partial charge >= 0.3 is 0 Å². The summed E-state index contributed by atoms with van der Waals surface area (Å²) in [7, 11) is 0. The number of fused-ring (bicyclic) bond motifs is 2. The maximum Gasteiger partial charge on any atom is 0.243 e. The van der Waals surface area contributed by atoms with Gasteiger partial charge in [0.25, 0.3) is 0 Å². The van der Waals surface area contributed by atoms with Crippen LogP contribution in [0, 0.1) is 11.3 Å². The van der Waals surface area contributed by atoms with Gasteiger partial charge in [-0.25, -0.2) is 0 Å². The summed E-state index contributed by atoms with van der Waals surface area (Å²) in [6.45, 7) is 5.71. The molecule has 0 radical (unpaired) electrons. The second-order valence-electron chi connectivity index (χ2n) is 13.2. The standard InChI is InChI=1S/C39H44N6O5/c1-39(2,3)45-36(48)18-17-32(43-35(47)20-22-41-34(46)19-21-40)38(50)44-33(24-26-15-16-27-9-4-5-11-29(27)23-26)37(49)42-25-30-13-8-12-28-10-6-7-14-31(28)30/h4-16,23,32-33H,17-20,22,24-25H2,1-3H3,(H,41,46)(H,42,49)(H,43,47)(H,44,50)(H,45,48)/t32-,33-/m0/s1. The van der Waals surface area contributed by atoms with Crippen molar-refractivity contribution in [3.63, 3.8) is 0 Å². The predicted molar refractivity (Wildman–Crippen MR) is 192 cm³/mol. The molecule has 5 amide bonds. The smallest absolute Gasteiger partial charge is 0.243 e. The minimum atomic E-state index is -1.15. The van der Waals surface area contributed by atoms with E-state index in [-0.39, 0.29) is 51.1 Å². The zero-order valence-electron chi connectivity index (χ0n) is 28.7. The molecule has 50 heavy (non-hydrogen) atoms. The zero-order chi connectivity index (χ0) is 36.1.